The number of rotatable bonds is 14. The van der Waals surface area contributed by atoms with Crippen molar-refractivity contribution in [1.82, 2.24) is 0 Å². The van der Waals surface area contributed by atoms with Crippen molar-refractivity contribution in [3.05, 3.63) is 46.6 Å². The Morgan fingerprint density at radius 2 is 0.967 bits per heavy atom. The first kappa shape index (κ1) is 27.6. The van der Waals surface area contributed by atoms with Crippen LogP contribution in [-0.4, -0.2) is 30.9 Å². The Labute approximate surface area is 181 Å². The third-order valence-corrected chi connectivity index (χ3v) is 4.22. The smallest absolute Gasteiger partial charge is 0.313 e. The topological polar surface area (TPSA) is 69.7 Å². The monoisotopic (exact) mass is 418 g/mol. The normalized spacial score (nSPS) is 11.5. The van der Waals surface area contributed by atoms with Crippen LogP contribution in [0.1, 0.15) is 80.1 Å². The quantitative estimate of drug-likeness (QED) is 0.202. The molecule has 0 aromatic carbocycles. The molecule has 0 aliphatic rings. The highest BCUT2D eigenvalue weighted by molar-refractivity contribution is 6.03. The molecule has 0 N–H and O–H groups in total. The lowest BCUT2D eigenvalue weighted by Gasteiger charge is -2.04. The Morgan fingerprint density at radius 3 is 1.30 bits per heavy atom. The van der Waals surface area contributed by atoms with Gasteiger partial charge in [0.15, 0.2) is 5.78 Å². The van der Waals surface area contributed by atoms with E-state index >= 15 is 0 Å². The zero-order chi connectivity index (χ0) is 22.9. The summed E-state index contributed by atoms with van der Waals surface area (Å²) in [5.74, 6) is -1.76. The van der Waals surface area contributed by atoms with Gasteiger partial charge in [-0.05, 0) is 79.4 Å². The van der Waals surface area contributed by atoms with E-state index < -0.39 is 30.6 Å². The van der Waals surface area contributed by atoms with Crippen LogP contribution in [-0.2, 0) is 23.9 Å². The third-order valence-electron chi connectivity index (χ3n) is 4.22. The van der Waals surface area contributed by atoms with Crippen LogP contribution in [0.4, 0.5) is 0 Å². The van der Waals surface area contributed by atoms with Crippen molar-refractivity contribution in [3.63, 3.8) is 0 Å². The Hall–Kier alpha value is -2.43. The summed E-state index contributed by atoms with van der Waals surface area (Å²) in [7, 11) is 0. The van der Waals surface area contributed by atoms with Crippen molar-refractivity contribution < 1.29 is 23.9 Å². The van der Waals surface area contributed by atoms with Crippen molar-refractivity contribution >= 4 is 17.7 Å². The number of ether oxygens (including phenoxy) is 2. The highest BCUT2D eigenvalue weighted by atomic mass is 16.5. The van der Waals surface area contributed by atoms with Gasteiger partial charge in [-0.25, -0.2) is 0 Å². The molecule has 0 aromatic heterocycles. The molecule has 0 heterocycles. The van der Waals surface area contributed by atoms with Crippen LogP contribution in [0.25, 0.3) is 0 Å². The van der Waals surface area contributed by atoms with E-state index in [1.54, 1.807) is 0 Å². The van der Waals surface area contributed by atoms with E-state index in [9.17, 15) is 14.4 Å². The molecule has 0 saturated heterocycles. The fraction of sp³-hybridized carbons (Fsp3) is 0.560. The minimum atomic E-state index is -0.629. The molecule has 5 heteroatoms. The van der Waals surface area contributed by atoms with Gasteiger partial charge in [-0.15, -0.1) is 0 Å². The Kier molecular flexibility index (Phi) is 15.0. The summed E-state index contributed by atoms with van der Waals surface area (Å²) in [6.07, 6.45) is 10.8. The SMILES string of the molecule is CC(C)=CCC/C(C)=C/COC(=O)CC(=O)CC(=O)OC/C=C(\C)CCC=C(C)C. The van der Waals surface area contributed by atoms with E-state index in [1.165, 1.54) is 11.1 Å². The highest BCUT2D eigenvalue weighted by Gasteiger charge is 2.15. The summed E-state index contributed by atoms with van der Waals surface area (Å²) in [4.78, 5) is 35.3. The number of carbonyl (C=O) groups excluding carboxylic acids is 3. The number of hydrogen-bond donors (Lipinski definition) is 0. The van der Waals surface area contributed by atoms with E-state index in [4.69, 9.17) is 9.47 Å². The van der Waals surface area contributed by atoms with E-state index in [1.807, 2.05) is 26.0 Å². The van der Waals surface area contributed by atoms with Crippen LogP contribution < -0.4 is 0 Å². The zero-order valence-electron chi connectivity index (χ0n) is 19.5. The van der Waals surface area contributed by atoms with Crippen LogP contribution in [0.15, 0.2) is 46.6 Å². The Morgan fingerprint density at radius 1 is 0.600 bits per heavy atom. The standard InChI is InChI=1S/C25H38O5/c1-19(2)9-7-11-21(5)13-15-29-24(27)17-23(26)18-25(28)30-16-14-22(6)12-8-10-20(3)4/h9-10,13-14H,7-8,11-12,15-18H2,1-6H3/b21-13+,22-14+. The lowest BCUT2D eigenvalue weighted by atomic mass is 10.1. The first-order valence-corrected chi connectivity index (χ1v) is 10.5. The average Bonchev–Trinajstić information content (AvgIpc) is 2.60. The summed E-state index contributed by atoms with van der Waals surface area (Å²) in [5, 5.41) is 0. The van der Waals surface area contributed by atoms with Gasteiger partial charge in [-0.3, -0.25) is 14.4 Å². The molecule has 30 heavy (non-hydrogen) atoms. The predicted molar refractivity (Wildman–Crippen MR) is 121 cm³/mol. The lowest BCUT2D eigenvalue weighted by Crippen LogP contribution is -2.16. The van der Waals surface area contributed by atoms with Gasteiger partial charge in [0, 0.05) is 0 Å². The van der Waals surface area contributed by atoms with Gasteiger partial charge in [0.2, 0.25) is 0 Å². The van der Waals surface area contributed by atoms with Gasteiger partial charge in [0.25, 0.3) is 0 Å². The number of carbonyl (C=O) groups is 3. The molecule has 0 atom stereocenters. The summed E-state index contributed by atoms with van der Waals surface area (Å²) in [6.45, 7) is 12.4. The highest BCUT2D eigenvalue weighted by Crippen LogP contribution is 2.08. The molecule has 0 amide bonds. The fourth-order valence-electron chi connectivity index (χ4n) is 2.42. The molecular formula is C25H38O5. The second-order valence-electron chi connectivity index (χ2n) is 8.00. The van der Waals surface area contributed by atoms with E-state index in [0.717, 1.165) is 36.8 Å². The summed E-state index contributed by atoms with van der Waals surface area (Å²) < 4.78 is 10.1. The number of ketones is 1. The van der Waals surface area contributed by atoms with E-state index in [2.05, 4.69) is 39.8 Å². The average molecular weight is 419 g/mol. The number of allylic oxidation sites excluding steroid dienone is 6. The van der Waals surface area contributed by atoms with Gasteiger partial charge >= 0.3 is 11.9 Å². The minimum absolute atomic E-state index is 0.133. The molecule has 0 aliphatic carbocycles. The van der Waals surface area contributed by atoms with Crippen molar-refractivity contribution in [1.29, 1.82) is 0 Å². The van der Waals surface area contributed by atoms with Crippen molar-refractivity contribution in [2.75, 3.05) is 13.2 Å². The molecule has 0 rings (SSSR count). The maximum absolute atomic E-state index is 11.8. The molecule has 0 aromatic rings. The maximum atomic E-state index is 11.8. The molecule has 0 saturated carbocycles. The van der Waals surface area contributed by atoms with Crippen LogP contribution in [0.3, 0.4) is 0 Å². The molecule has 0 radical (unpaired) electrons. The second-order valence-corrected chi connectivity index (χ2v) is 8.00. The maximum Gasteiger partial charge on any atom is 0.313 e. The minimum Gasteiger partial charge on any atom is -0.461 e. The first-order valence-electron chi connectivity index (χ1n) is 10.5. The van der Waals surface area contributed by atoms with Gasteiger partial charge in [-0.1, -0.05) is 34.4 Å². The molecular weight excluding hydrogens is 380 g/mol. The number of esters is 2. The first-order chi connectivity index (χ1) is 14.1. The van der Waals surface area contributed by atoms with Gasteiger partial charge < -0.3 is 9.47 Å². The molecule has 0 spiro atoms. The second kappa shape index (κ2) is 16.4. The van der Waals surface area contributed by atoms with Crippen molar-refractivity contribution in [3.8, 4) is 0 Å². The predicted octanol–water partition coefficient (Wildman–Crippen LogP) is 5.81. The number of hydrogen-bond acceptors (Lipinski definition) is 5. The van der Waals surface area contributed by atoms with Gasteiger partial charge in [-0.2, -0.15) is 0 Å². The summed E-state index contributed by atoms with van der Waals surface area (Å²) >= 11 is 0. The van der Waals surface area contributed by atoms with E-state index in [-0.39, 0.29) is 13.2 Å². The molecule has 0 aliphatic heterocycles. The van der Waals surface area contributed by atoms with Crippen LogP contribution in [0, 0.1) is 0 Å². The van der Waals surface area contributed by atoms with Gasteiger partial charge in [0.05, 0.1) is 0 Å². The lowest BCUT2D eigenvalue weighted by molar-refractivity contribution is -0.147. The van der Waals surface area contributed by atoms with Crippen LogP contribution in [0.2, 0.25) is 0 Å². The zero-order valence-corrected chi connectivity index (χ0v) is 19.5. The summed E-state index contributed by atoms with van der Waals surface area (Å²) in [5.41, 5.74) is 4.80. The van der Waals surface area contributed by atoms with Crippen molar-refractivity contribution in [2.24, 2.45) is 0 Å². The van der Waals surface area contributed by atoms with E-state index in [0.29, 0.717) is 0 Å². The largest absolute Gasteiger partial charge is 0.461 e. The van der Waals surface area contributed by atoms with Crippen LogP contribution in [0.5, 0.6) is 0 Å². The number of Topliss-reactive ketones (excluding diaryl/α,β-unsaturated/α-hetero) is 1. The summed E-state index contributed by atoms with van der Waals surface area (Å²) in [6, 6.07) is 0. The van der Waals surface area contributed by atoms with Crippen molar-refractivity contribution in [2.45, 2.75) is 80.1 Å². The molecule has 0 fully saturated rings. The van der Waals surface area contributed by atoms with Gasteiger partial charge in [0.1, 0.15) is 26.1 Å². The molecule has 5 nitrogen and oxygen atoms in total. The Bertz CT molecular complexity index is 626. The molecule has 0 bridgehead atoms. The molecule has 0 unspecified atom stereocenters. The molecule has 168 valence electrons. The van der Waals surface area contributed by atoms with Crippen LogP contribution >= 0.6 is 0 Å². The third kappa shape index (κ3) is 17.7. The fourth-order valence-corrected chi connectivity index (χ4v) is 2.42. The Balaban J connectivity index is 4.07.